The molecule has 1 amide bonds. The fourth-order valence-electron chi connectivity index (χ4n) is 0.952. The van der Waals surface area contributed by atoms with Gasteiger partial charge in [0, 0.05) is 7.05 Å². The zero-order valence-corrected chi connectivity index (χ0v) is 8.56. The third-order valence-electron chi connectivity index (χ3n) is 1.65. The maximum absolute atomic E-state index is 11.3. The lowest BCUT2D eigenvalue weighted by Crippen LogP contribution is -2.34. The molecule has 0 aliphatic rings. The molecule has 0 saturated carbocycles. The minimum atomic E-state index is -0.862. The van der Waals surface area contributed by atoms with E-state index in [2.05, 4.69) is 19.9 Å². The minimum absolute atomic E-state index is 0.181. The van der Waals surface area contributed by atoms with E-state index in [1.165, 1.54) is 18.3 Å². The predicted molar refractivity (Wildman–Crippen MR) is 49.5 cm³/mol. The van der Waals surface area contributed by atoms with Gasteiger partial charge in [-0.25, -0.2) is 9.78 Å². The molecule has 0 aromatic carbocycles. The van der Waals surface area contributed by atoms with E-state index in [1.54, 1.807) is 6.92 Å². The first-order valence-corrected chi connectivity index (χ1v) is 4.41. The van der Waals surface area contributed by atoms with Crippen LogP contribution in [0, 0.1) is 0 Å². The maximum Gasteiger partial charge on any atom is 0.397 e. The summed E-state index contributed by atoms with van der Waals surface area (Å²) in [6.45, 7) is 2.01. The molecule has 0 saturated heterocycles. The van der Waals surface area contributed by atoms with Crippen LogP contribution in [0.3, 0.4) is 0 Å². The second-order valence-electron chi connectivity index (χ2n) is 2.81. The van der Waals surface area contributed by atoms with Crippen LogP contribution in [0.4, 0.5) is 0 Å². The molecule has 0 bridgehead atoms. The van der Waals surface area contributed by atoms with E-state index in [0.29, 0.717) is 5.82 Å². The second-order valence-corrected chi connectivity index (χ2v) is 2.81. The van der Waals surface area contributed by atoms with Crippen molar-refractivity contribution in [3.63, 3.8) is 0 Å². The van der Waals surface area contributed by atoms with Crippen LogP contribution in [0.15, 0.2) is 6.33 Å². The van der Waals surface area contributed by atoms with Crippen LogP contribution in [-0.2, 0) is 20.9 Å². The number of H-pyrrole nitrogens is 1. The summed E-state index contributed by atoms with van der Waals surface area (Å²) in [4.78, 5) is 27.4. The number of hydrogen-bond acceptors (Lipinski definition) is 5. The summed E-state index contributed by atoms with van der Waals surface area (Å²) in [6.07, 6.45) is 1.33. The molecule has 1 aromatic heterocycles. The smallest absolute Gasteiger partial charge is 0.397 e. The van der Waals surface area contributed by atoms with Gasteiger partial charge < -0.3 is 9.64 Å². The number of aromatic amines is 1. The molecule has 0 radical (unpaired) electrons. The number of rotatable bonds is 3. The number of hydrogen-bond donors (Lipinski definition) is 1. The highest BCUT2D eigenvalue weighted by molar-refractivity contribution is 6.32. The molecule has 1 N–H and O–H groups in total. The van der Waals surface area contributed by atoms with Gasteiger partial charge in [-0.1, -0.05) is 0 Å². The van der Waals surface area contributed by atoms with Crippen LogP contribution in [0.5, 0.6) is 0 Å². The maximum atomic E-state index is 11.3. The van der Waals surface area contributed by atoms with Gasteiger partial charge in [0.25, 0.3) is 0 Å². The number of nitrogens with one attached hydrogen (secondary N) is 1. The Morgan fingerprint density at radius 3 is 2.87 bits per heavy atom. The number of likely N-dealkylation sites (N-methyl/N-ethyl adjacent to an activating group) is 1. The molecule has 1 heterocycles. The van der Waals surface area contributed by atoms with Gasteiger partial charge in [0.05, 0.1) is 13.2 Å². The first-order chi connectivity index (χ1) is 7.15. The quantitative estimate of drug-likeness (QED) is 0.530. The van der Waals surface area contributed by atoms with Crippen molar-refractivity contribution in [2.24, 2.45) is 0 Å². The van der Waals surface area contributed by atoms with Gasteiger partial charge in [-0.3, -0.25) is 9.89 Å². The molecule has 0 spiro atoms. The lowest BCUT2D eigenvalue weighted by Gasteiger charge is -2.13. The molecule has 15 heavy (non-hydrogen) atoms. The Morgan fingerprint density at radius 1 is 1.60 bits per heavy atom. The minimum Gasteiger partial charge on any atom is -0.459 e. The molecular weight excluding hydrogens is 200 g/mol. The van der Waals surface area contributed by atoms with E-state index in [9.17, 15) is 9.59 Å². The lowest BCUT2D eigenvalue weighted by atomic mass is 10.4. The number of carbonyl (C=O) groups excluding carboxylic acids is 2. The normalized spacial score (nSPS) is 9.73. The third-order valence-corrected chi connectivity index (χ3v) is 1.65. The first-order valence-electron chi connectivity index (χ1n) is 4.41. The highest BCUT2D eigenvalue weighted by Gasteiger charge is 2.20. The molecule has 7 heteroatoms. The number of esters is 1. The zero-order chi connectivity index (χ0) is 11.3. The third kappa shape index (κ3) is 3.04. The number of amides is 1. The molecule has 0 fully saturated rings. The molecule has 0 aliphatic heterocycles. The van der Waals surface area contributed by atoms with E-state index in [4.69, 9.17) is 0 Å². The average Bonchev–Trinajstić information content (AvgIpc) is 2.69. The van der Waals surface area contributed by atoms with E-state index < -0.39 is 11.9 Å². The second kappa shape index (κ2) is 5.08. The molecule has 82 valence electrons. The summed E-state index contributed by atoms with van der Waals surface area (Å²) in [6, 6.07) is 0. The predicted octanol–water partition coefficient (Wildman–Crippen LogP) is -0.674. The highest BCUT2D eigenvalue weighted by atomic mass is 16.5. The monoisotopic (exact) mass is 212 g/mol. The summed E-state index contributed by atoms with van der Waals surface area (Å²) >= 11 is 0. The van der Waals surface area contributed by atoms with Crippen LogP contribution >= 0.6 is 0 Å². The molecule has 0 unspecified atom stereocenters. The molecule has 0 atom stereocenters. The molecule has 0 aliphatic carbocycles. The summed E-state index contributed by atoms with van der Waals surface area (Å²) in [5, 5.41) is 6.21. The number of ether oxygens (including phenoxy) is 1. The first kappa shape index (κ1) is 11.2. The van der Waals surface area contributed by atoms with Crippen molar-refractivity contribution in [2.75, 3.05) is 13.7 Å². The number of aromatic nitrogens is 3. The topological polar surface area (TPSA) is 88.2 Å². The van der Waals surface area contributed by atoms with E-state index in [1.807, 2.05) is 0 Å². The summed E-state index contributed by atoms with van der Waals surface area (Å²) in [7, 11) is 1.49. The van der Waals surface area contributed by atoms with Crippen LogP contribution in [-0.4, -0.2) is 45.6 Å². The van der Waals surface area contributed by atoms with Crippen molar-refractivity contribution in [1.29, 1.82) is 0 Å². The Bertz CT molecular complexity index is 336. The Balaban J connectivity index is 2.50. The molecule has 1 rings (SSSR count). The average molecular weight is 212 g/mol. The summed E-state index contributed by atoms with van der Waals surface area (Å²) in [5.41, 5.74) is 0. The summed E-state index contributed by atoms with van der Waals surface area (Å²) < 4.78 is 4.57. The van der Waals surface area contributed by atoms with Crippen LogP contribution in [0.1, 0.15) is 12.7 Å². The summed E-state index contributed by atoms with van der Waals surface area (Å²) in [5.74, 6) is -1.05. The Labute approximate surface area is 86.4 Å². The van der Waals surface area contributed by atoms with Gasteiger partial charge in [0.2, 0.25) is 0 Å². The van der Waals surface area contributed by atoms with Crippen LogP contribution in [0.25, 0.3) is 0 Å². The standard InChI is InChI=1S/C8H12N4O3/c1-3-15-8(14)7(13)12(2)4-6-9-5-10-11-6/h5H,3-4H2,1-2H3,(H,9,10,11). The Kier molecular flexibility index (Phi) is 3.78. The van der Waals surface area contributed by atoms with Crippen LogP contribution in [0.2, 0.25) is 0 Å². The van der Waals surface area contributed by atoms with Crippen molar-refractivity contribution < 1.29 is 14.3 Å². The Morgan fingerprint density at radius 2 is 2.33 bits per heavy atom. The van der Waals surface area contributed by atoms with Crippen molar-refractivity contribution in [2.45, 2.75) is 13.5 Å². The Hall–Kier alpha value is -1.92. The largest absolute Gasteiger partial charge is 0.459 e. The van der Waals surface area contributed by atoms with Gasteiger partial charge in [0.15, 0.2) is 0 Å². The van der Waals surface area contributed by atoms with E-state index >= 15 is 0 Å². The van der Waals surface area contributed by atoms with Gasteiger partial charge >= 0.3 is 11.9 Å². The van der Waals surface area contributed by atoms with Gasteiger partial charge in [0.1, 0.15) is 12.2 Å². The van der Waals surface area contributed by atoms with Crippen molar-refractivity contribution in [3.8, 4) is 0 Å². The fraction of sp³-hybridized carbons (Fsp3) is 0.500. The van der Waals surface area contributed by atoms with Crippen LogP contribution < -0.4 is 0 Å². The number of nitrogens with zero attached hydrogens (tertiary/aromatic N) is 3. The molecule has 1 aromatic rings. The SMILES string of the molecule is CCOC(=O)C(=O)N(C)Cc1ncn[nH]1. The highest BCUT2D eigenvalue weighted by Crippen LogP contribution is 1.96. The molecule has 7 nitrogen and oxygen atoms in total. The van der Waals surface area contributed by atoms with Gasteiger partial charge in [-0.05, 0) is 6.92 Å². The van der Waals surface area contributed by atoms with Crippen molar-refractivity contribution in [1.82, 2.24) is 20.1 Å². The lowest BCUT2D eigenvalue weighted by molar-refractivity contribution is -0.159. The van der Waals surface area contributed by atoms with Gasteiger partial charge in [-0.15, -0.1) is 0 Å². The van der Waals surface area contributed by atoms with Crippen molar-refractivity contribution >= 4 is 11.9 Å². The van der Waals surface area contributed by atoms with Gasteiger partial charge in [-0.2, -0.15) is 5.10 Å². The zero-order valence-electron chi connectivity index (χ0n) is 8.56. The number of carbonyl (C=O) groups is 2. The van der Waals surface area contributed by atoms with Crippen molar-refractivity contribution in [3.05, 3.63) is 12.2 Å². The van der Waals surface area contributed by atoms with E-state index in [0.717, 1.165) is 0 Å². The fourth-order valence-corrected chi connectivity index (χ4v) is 0.952. The van der Waals surface area contributed by atoms with E-state index in [-0.39, 0.29) is 13.2 Å². The molecular formula is C8H12N4O3.